The van der Waals surface area contributed by atoms with Gasteiger partial charge in [-0.1, -0.05) is 81.4 Å². The van der Waals surface area contributed by atoms with Crippen molar-refractivity contribution in [3.05, 3.63) is 60.7 Å². The van der Waals surface area contributed by atoms with Crippen molar-refractivity contribution in [2.45, 2.75) is 39.0 Å². The fourth-order valence-corrected chi connectivity index (χ4v) is 7.96. The summed E-state index contributed by atoms with van der Waals surface area (Å²) < 4.78 is 17.7. The van der Waals surface area contributed by atoms with Crippen molar-refractivity contribution in [1.29, 1.82) is 0 Å². The highest BCUT2D eigenvalue weighted by molar-refractivity contribution is 6.99. The molecular formula is C22H33NO3Si. The molecule has 0 saturated heterocycles. The van der Waals surface area contributed by atoms with Gasteiger partial charge in [0.2, 0.25) is 0 Å². The molecule has 1 atom stereocenters. The van der Waals surface area contributed by atoms with Gasteiger partial charge in [-0.3, -0.25) is 0 Å². The standard InChI is InChI=1S/C22H33NO3Si/c1-19(23)25-17-15-24-16-18-26-27(22(2,3)4,20-11-7-5-8-12-20)21-13-9-6-10-14-21/h5-14,19H,15-18,23H2,1-4H3. The Morgan fingerprint density at radius 3 is 1.74 bits per heavy atom. The molecule has 2 aromatic carbocycles. The van der Waals surface area contributed by atoms with E-state index in [1.54, 1.807) is 0 Å². The monoisotopic (exact) mass is 387 g/mol. The SMILES string of the molecule is CC(N)OCCOCCO[Si](c1ccccc1)(c1ccccc1)C(C)(C)C. The summed E-state index contributed by atoms with van der Waals surface area (Å²) in [6, 6.07) is 21.3. The highest BCUT2D eigenvalue weighted by Gasteiger charge is 2.49. The van der Waals surface area contributed by atoms with Crippen LogP contribution < -0.4 is 16.1 Å². The van der Waals surface area contributed by atoms with E-state index in [1.807, 2.05) is 6.92 Å². The lowest BCUT2D eigenvalue weighted by Crippen LogP contribution is -2.66. The Morgan fingerprint density at radius 2 is 1.30 bits per heavy atom. The van der Waals surface area contributed by atoms with E-state index < -0.39 is 8.32 Å². The van der Waals surface area contributed by atoms with Gasteiger partial charge in [-0.15, -0.1) is 0 Å². The van der Waals surface area contributed by atoms with Crippen molar-refractivity contribution >= 4 is 18.7 Å². The maximum atomic E-state index is 6.74. The Labute approximate surface area is 164 Å². The van der Waals surface area contributed by atoms with Gasteiger partial charge in [-0.05, 0) is 22.3 Å². The van der Waals surface area contributed by atoms with Crippen molar-refractivity contribution in [1.82, 2.24) is 0 Å². The summed E-state index contributed by atoms with van der Waals surface area (Å²) >= 11 is 0. The van der Waals surface area contributed by atoms with Crippen LogP contribution in [0.3, 0.4) is 0 Å². The number of nitrogens with two attached hydrogens (primary N) is 1. The largest absolute Gasteiger partial charge is 0.405 e. The summed E-state index contributed by atoms with van der Waals surface area (Å²) in [6.07, 6.45) is -0.262. The van der Waals surface area contributed by atoms with Crippen molar-refractivity contribution < 1.29 is 13.9 Å². The molecule has 0 heterocycles. The lowest BCUT2D eigenvalue weighted by Gasteiger charge is -2.43. The second-order valence-electron chi connectivity index (χ2n) is 7.70. The minimum atomic E-state index is -2.47. The third-order valence-corrected chi connectivity index (χ3v) is 9.61. The van der Waals surface area contributed by atoms with Crippen LogP contribution in [0.2, 0.25) is 5.04 Å². The number of benzene rings is 2. The maximum absolute atomic E-state index is 6.74. The van der Waals surface area contributed by atoms with Crippen molar-refractivity contribution in [2.24, 2.45) is 5.73 Å². The van der Waals surface area contributed by atoms with Crippen LogP contribution in [0.1, 0.15) is 27.7 Å². The lowest BCUT2D eigenvalue weighted by atomic mass is 10.2. The Kier molecular flexibility index (Phi) is 8.20. The van der Waals surface area contributed by atoms with E-state index in [0.29, 0.717) is 26.4 Å². The summed E-state index contributed by atoms with van der Waals surface area (Å²) in [5, 5.41) is 2.54. The van der Waals surface area contributed by atoms with E-state index in [1.165, 1.54) is 10.4 Å². The second-order valence-corrected chi connectivity index (χ2v) is 12.0. The predicted octanol–water partition coefficient (Wildman–Crippen LogP) is 2.90. The van der Waals surface area contributed by atoms with Gasteiger partial charge >= 0.3 is 0 Å². The molecule has 2 rings (SSSR count). The molecule has 2 aromatic rings. The summed E-state index contributed by atoms with van der Waals surface area (Å²) in [4.78, 5) is 0. The first-order chi connectivity index (χ1) is 12.9. The third-order valence-electron chi connectivity index (χ3n) is 4.57. The molecule has 0 aliphatic rings. The molecule has 0 radical (unpaired) electrons. The Hall–Kier alpha value is -1.50. The van der Waals surface area contributed by atoms with E-state index in [9.17, 15) is 0 Å². The average molecular weight is 388 g/mol. The van der Waals surface area contributed by atoms with E-state index in [2.05, 4.69) is 81.4 Å². The zero-order chi connectivity index (χ0) is 19.8. The molecule has 148 valence electrons. The lowest BCUT2D eigenvalue weighted by molar-refractivity contribution is 0.00769. The molecule has 5 heteroatoms. The molecular weight excluding hydrogens is 354 g/mol. The van der Waals surface area contributed by atoms with Gasteiger partial charge in [0.25, 0.3) is 8.32 Å². The zero-order valence-electron chi connectivity index (χ0n) is 17.0. The number of rotatable bonds is 10. The molecule has 4 nitrogen and oxygen atoms in total. The summed E-state index contributed by atoms with van der Waals surface area (Å²) in [5.74, 6) is 0. The summed E-state index contributed by atoms with van der Waals surface area (Å²) in [5.41, 5.74) is 5.57. The Balaban J connectivity index is 2.18. The molecule has 0 aliphatic heterocycles. The molecule has 0 fully saturated rings. The van der Waals surface area contributed by atoms with Crippen LogP contribution >= 0.6 is 0 Å². The number of hydrogen-bond acceptors (Lipinski definition) is 4. The normalized spacial score (nSPS) is 13.5. The zero-order valence-corrected chi connectivity index (χ0v) is 18.0. The highest BCUT2D eigenvalue weighted by Crippen LogP contribution is 2.36. The summed E-state index contributed by atoms with van der Waals surface area (Å²) in [7, 11) is -2.47. The molecule has 0 bridgehead atoms. The molecule has 0 spiro atoms. The van der Waals surface area contributed by atoms with Crippen LogP contribution in [0.4, 0.5) is 0 Å². The Bertz CT molecular complexity index is 617. The van der Waals surface area contributed by atoms with Gasteiger partial charge in [0.1, 0.15) is 6.23 Å². The second kappa shape index (κ2) is 10.2. The van der Waals surface area contributed by atoms with Crippen LogP contribution in [0.25, 0.3) is 0 Å². The molecule has 2 N–H and O–H groups in total. The van der Waals surface area contributed by atoms with Crippen molar-refractivity contribution in [3.8, 4) is 0 Å². The smallest absolute Gasteiger partial charge is 0.261 e. The third kappa shape index (κ3) is 5.73. The van der Waals surface area contributed by atoms with Gasteiger partial charge in [0, 0.05) is 0 Å². The van der Waals surface area contributed by atoms with E-state index in [4.69, 9.17) is 19.6 Å². The first-order valence-corrected chi connectivity index (χ1v) is 11.5. The fraction of sp³-hybridized carbons (Fsp3) is 0.455. The van der Waals surface area contributed by atoms with E-state index in [0.717, 1.165) is 0 Å². The molecule has 0 amide bonds. The topological polar surface area (TPSA) is 53.7 Å². The first-order valence-electron chi connectivity index (χ1n) is 9.58. The van der Waals surface area contributed by atoms with Crippen LogP contribution in [0.5, 0.6) is 0 Å². The van der Waals surface area contributed by atoms with Crippen molar-refractivity contribution in [3.63, 3.8) is 0 Å². The first kappa shape index (κ1) is 21.8. The van der Waals surface area contributed by atoms with Crippen LogP contribution in [0.15, 0.2) is 60.7 Å². The predicted molar refractivity (Wildman–Crippen MR) is 114 cm³/mol. The van der Waals surface area contributed by atoms with Gasteiger partial charge < -0.3 is 19.6 Å². The van der Waals surface area contributed by atoms with Gasteiger partial charge in [0.05, 0.1) is 26.4 Å². The Morgan fingerprint density at radius 1 is 0.815 bits per heavy atom. The van der Waals surface area contributed by atoms with Gasteiger partial charge in [0.15, 0.2) is 0 Å². The number of hydrogen-bond donors (Lipinski definition) is 1. The quantitative estimate of drug-likeness (QED) is 0.387. The van der Waals surface area contributed by atoms with Gasteiger partial charge in [-0.25, -0.2) is 0 Å². The highest BCUT2D eigenvalue weighted by atomic mass is 28.4. The minimum absolute atomic E-state index is 0.0200. The average Bonchev–Trinajstić information content (AvgIpc) is 2.64. The van der Waals surface area contributed by atoms with Crippen molar-refractivity contribution in [2.75, 3.05) is 26.4 Å². The van der Waals surface area contributed by atoms with Crippen LogP contribution in [-0.4, -0.2) is 41.0 Å². The minimum Gasteiger partial charge on any atom is -0.405 e. The van der Waals surface area contributed by atoms with E-state index in [-0.39, 0.29) is 11.3 Å². The molecule has 0 saturated carbocycles. The maximum Gasteiger partial charge on any atom is 0.261 e. The number of ether oxygens (including phenoxy) is 2. The van der Waals surface area contributed by atoms with Crippen LogP contribution in [0, 0.1) is 0 Å². The molecule has 0 aromatic heterocycles. The van der Waals surface area contributed by atoms with Crippen LogP contribution in [-0.2, 0) is 13.9 Å². The molecule has 0 aliphatic carbocycles. The molecule has 27 heavy (non-hydrogen) atoms. The fourth-order valence-electron chi connectivity index (χ4n) is 3.41. The molecule has 1 unspecified atom stereocenters. The summed E-state index contributed by atoms with van der Waals surface area (Å²) in [6.45, 7) is 10.7. The van der Waals surface area contributed by atoms with E-state index >= 15 is 0 Å². The van der Waals surface area contributed by atoms with Gasteiger partial charge in [-0.2, -0.15) is 0 Å².